The summed E-state index contributed by atoms with van der Waals surface area (Å²) in [4.78, 5) is 81.5. The lowest BCUT2D eigenvalue weighted by Crippen LogP contribution is -2.61. The lowest BCUT2D eigenvalue weighted by molar-refractivity contribution is -0.136. The standard InChI is InChI=1S/C34H52N8O10/c1-17(2)13-23(41-33(50)52-34(5,6)7)29(47)40-24(16-43)30(48)42-27(19(4)44)31(49)39-22(9-8-12-37-32(35)36)28(46)38-20-10-11-21-18(3)14-26(45)51-25(21)15-20/h10-11,14-15,17,19,22-24,27,43-44H,8-9,12-13,16H2,1-7H3,(H,38,46)(H,39,49)(H,40,47)(H,41,50)(H,42,48)(H4,35,36,37)/t19?,22-,23-,24-,27-/m0/s1. The molecule has 0 radical (unpaired) electrons. The maximum absolute atomic E-state index is 13.5. The number of amides is 5. The van der Waals surface area contributed by atoms with Crippen molar-refractivity contribution in [2.75, 3.05) is 18.5 Å². The molecule has 0 aliphatic rings. The SMILES string of the molecule is Cc1cc(=O)oc2cc(NC(=O)[C@H](CCCN=C(N)N)NC(=O)[C@@H](NC(=O)[C@H](CO)NC(=O)[C@H](CC(C)C)NC(=O)OC(C)(C)C)C(C)O)ccc12. The number of hydrogen-bond donors (Lipinski definition) is 9. The van der Waals surface area contributed by atoms with Crippen LogP contribution in [0.4, 0.5) is 10.5 Å². The topological polar surface area (TPSA) is 290 Å². The van der Waals surface area contributed by atoms with Gasteiger partial charge in [-0.05, 0) is 77.5 Å². The molecule has 0 aliphatic heterocycles. The van der Waals surface area contributed by atoms with Crippen molar-refractivity contribution < 1.29 is 43.3 Å². The number of alkyl carbamates (subject to hydrolysis) is 1. The highest BCUT2D eigenvalue weighted by Crippen LogP contribution is 2.21. The molecule has 52 heavy (non-hydrogen) atoms. The molecule has 0 spiro atoms. The number of nitrogens with one attached hydrogen (secondary N) is 5. The Kier molecular flexibility index (Phi) is 16.0. The third-order valence-corrected chi connectivity index (χ3v) is 7.39. The zero-order valence-electron chi connectivity index (χ0n) is 30.6. The summed E-state index contributed by atoms with van der Waals surface area (Å²) in [5.74, 6) is -3.70. The molecule has 1 heterocycles. The Labute approximate surface area is 301 Å². The van der Waals surface area contributed by atoms with Crippen LogP contribution in [-0.4, -0.2) is 94.9 Å². The van der Waals surface area contributed by atoms with E-state index in [-0.39, 0.29) is 49.0 Å². The maximum atomic E-state index is 13.5. The predicted octanol–water partition coefficient (Wildman–Crippen LogP) is -0.140. The van der Waals surface area contributed by atoms with Gasteiger partial charge in [0.1, 0.15) is 35.4 Å². The molecule has 288 valence electrons. The van der Waals surface area contributed by atoms with Crippen LogP contribution in [0.3, 0.4) is 0 Å². The van der Waals surface area contributed by atoms with Crippen molar-refractivity contribution in [3.8, 4) is 0 Å². The molecule has 5 atom stereocenters. The van der Waals surface area contributed by atoms with Crippen LogP contribution in [0, 0.1) is 12.8 Å². The van der Waals surface area contributed by atoms with E-state index in [2.05, 4.69) is 31.6 Å². The fourth-order valence-corrected chi connectivity index (χ4v) is 4.94. The second kappa shape index (κ2) is 19.4. The second-order valence-corrected chi connectivity index (χ2v) is 13.8. The summed E-state index contributed by atoms with van der Waals surface area (Å²) in [5, 5.41) is 33.5. The molecule has 0 fully saturated rings. The molecular formula is C34H52N8O10. The Hall–Kier alpha value is -5.23. The van der Waals surface area contributed by atoms with Gasteiger partial charge in [0.2, 0.25) is 23.6 Å². The Bertz CT molecular complexity index is 1660. The van der Waals surface area contributed by atoms with Crippen molar-refractivity contribution >= 4 is 52.3 Å². The molecule has 1 unspecified atom stereocenters. The van der Waals surface area contributed by atoms with Gasteiger partial charge in [-0.1, -0.05) is 13.8 Å². The highest BCUT2D eigenvalue weighted by molar-refractivity contribution is 6.00. The second-order valence-electron chi connectivity index (χ2n) is 13.8. The fourth-order valence-electron chi connectivity index (χ4n) is 4.94. The van der Waals surface area contributed by atoms with E-state index in [1.54, 1.807) is 39.8 Å². The average molecular weight is 733 g/mol. The third kappa shape index (κ3) is 14.2. The normalized spacial score (nSPS) is 14.3. The van der Waals surface area contributed by atoms with Gasteiger partial charge >= 0.3 is 11.7 Å². The van der Waals surface area contributed by atoms with Crippen LogP contribution in [0.15, 0.2) is 38.5 Å². The van der Waals surface area contributed by atoms with Crippen LogP contribution in [0.25, 0.3) is 11.0 Å². The molecule has 0 bridgehead atoms. The summed E-state index contributed by atoms with van der Waals surface area (Å²) in [5.41, 5.74) is 10.5. The van der Waals surface area contributed by atoms with Crippen molar-refractivity contribution in [3.05, 3.63) is 40.2 Å². The molecule has 2 aromatic rings. The number of benzene rings is 1. The number of carbonyl (C=O) groups is 5. The average Bonchev–Trinajstić information content (AvgIpc) is 3.01. The molecule has 2 rings (SSSR count). The molecule has 18 heteroatoms. The van der Waals surface area contributed by atoms with E-state index in [9.17, 15) is 39.0 Å². The van der Waals surface area contributed by atoms with E-state index in [1.165, 1.54) is 19.1 Å². The smallest absolute Gasteiger partial charge is 0.408 e. The molecule has 0 saturated carbocycles. The minimum Gasteiger partial charge on any atom is -0.444 e. The molecule has 0 aliphatic carbocycles. The van der Waals surface area contributed by atoms with Crippen molar-refractivity contribution in [2.45, 2.75) is 104 Å². The van der Waals surface area contributed by atoms with Crippen LogP contribution in [-0.2, 0) is 23.9 Å². The number of aliphatic imine (C=N–C) groups is 1. The predicted molar refractivity (Wildman–Crippen MR) is 193 cm³/mol. The van der Waals surface area contributed by atoms with Crippen LogP contribution < -0.4 is 43.7 Å². The number of hydrogen-bond acceptors (Lipinski definition) is 11. The van der Waals surface area contributed by atoms with Crippen LogP contribution in [0.1, 0.15) is 66.4 Å². The van der Waals surface area contributed by atoms with Crippen molar-refractivity contribution in [3.63, 3.8) is 0 Å². The first-order chi connectivity index (χ1) is 24.2. The molecule has 0 saturated heterocycles. The van der Waals surface area contributed by atoms with Gasteiger partial charge in [-0.15, -0.1) is 0 Å². The zero-order chi connectivity index (χ0) is 39.3. The first-order valence-corrected chi connectivity index (χ1v) is 16.8. The van der Waals surface area contributed by atoms with E-state index in [0.717, 1.165) is 0 Å². The summed E-state index contributed by atoms with van der Waals surface area (Å²) in [6.45, 7) is 10.8. The number of rotatable bonds is 17. The molecule has 5 amide bonds. The summed E-state index contributed by atoms with van der Waals surface area (Å²) >= 11 is 0. The van der Waals surface area contributed by atoms with E-state index in [4.69, 9.17) is 20.6 Å². The van der Waals surface area contributed by atoms with Gasteiger partial charge in [0, 0.05) is 29.8 Å². The number of aryl methyl sites for hydroxylation is 1. The van der Waals surface area contributed by atoms with Gasteiger partial charge in [-0.3, -0.25) is 24.2 Å². The number of guanidine groups is 1. The van der Waals surface area contributed by atoms with Crippen LogP contribution in [0.2, 0.25) is 0 Å². The van der Waals surface area contributed by atoms with Gasteiger partial charge in [0.05, 0.1) is 12.7 Å². The van der Waals surface area contributed by atoms with Gasteiger partial charge in [-0.25, -0.2) is 9.59 Å². The minimum absolute atomic E-state index is 0.0216. The Morgan fingerprint density at radius 3 is 2.12 bits per heavy atom. The zero-order valence-corrected chi connectivity index (χ0v) is 30.6. The number of nitrogens with zero attached hydrogens (tertiary/aromatic N) is 1. The first-order valence-electron chi connectivity index (χ1n) is 16.8. The Balaban J connectivity index is 2.23. The number of anilines is 1. The van der Waals surface area contributed by atoms with Gasteiger partial charge in [-0.2, -0.15) is 0 Å². The molecule has 1 aromatic carbocycles. The highest BCUT2D eigenvalue weighted by atomic mass is 16.6. The first kappa shape index (κ1) is 42.9. The van der Waals surface area contributed by atoms with E-state index in [0.29, 0.717) is 10.9 Å². The molecule has 1 aromatic heterocycles. The van der Waals surface area contributed by atoms with Crippen LogP contribution in [0.5, 0.6) is 0 Å². The van der Waals surface area contributed by atoms with Crippen molar-refractivity contribution in [2.24, 2.45) is 22.4 Å². The highest BCUT2D eigenvalue weighted by Gasteiger charge is 2.34. The number of aliphatic hydroxyl groups is 2. The Morgan fingerprint density at radius 1 is 0.904 bits per heavy atom. The summed E-state index contributed by atoms with van der Waals surface area (Å²) in [6.07, 6.45) is -1.93. The largest absolute Gasteiger partial charge is 0.444 e. The number of carbonyl (C=O) groups excluding carboxylic acids is 5. The van der Waals surface area contributed by atoms with E-state index in [1.807, 2.05) is 13.8 Å². The van der Waals surface area contributed by atoms with Gasteiger partial charge < -0.3 is 57.4 Å². The van der Waals surface area contributed by atoms with E-state index < -0.39 is 77.8 Å². The van der Waals surface area contributed by atoms with E-state index >= 15 is 0 Å². The maximum Gasteiger partial charge on any atom is 0.408 e. The minimum atomic E-state index is -1.64. The van der Waals surface area contributed by atoms with Crippen LogP contribution >= 0.6 is 0 Å². The lowest BCUT2D eigenvalue weighted by atomic mass is 10.0. The number of nitrogens with two attached hydrogens (primary N) is 2. The van der Waals surface area contributed by atoms with Crippen molar-refractivity contribution in [1.82, 2.24) is 21.3 Å². The number of aliphatic hydroxyl groups excluding tert-OH is 2. The van der Waals surface area contributed by atoms with Gasteiger partial charge in [0.25, 0.3) is 0 Å². The summed E-state index contributed by atoms with van der Waals surface area (Å²) in [7, 11) is 0. The Morgan fingerprint density at radius 2 is 1.54 bits per heavy atom. The van der Waals surface area contributed by atoms with Crippen molar-refractivity contribution in [1.29, 1.82) is 0 Å². The fraction of sp³-hybridized carbons (Fsp3) is 0.559. The number of fused-ring (bicyclic) bond motifs is 1. The summed E-state index contributed by atoms with van der Waals surface area (Å²) < 4.78 is 10.5. The monoisotopic (exact) mass is 732 g/mol. The summed E-state index contributed by atoms with van der Waals surface area (Å²) in [6, 6.07) is 0.438. The van der Waals surface area contributed by atoms with Gasteiger partial charge in [0.15, 0.2) is 5.96 Å². The number of ether oxygens (including phenoxy) is 1. The molecule has 18 nitrogen and oxygen atoms in total. The third-order valence-electron chi connectivity index (χ3n) is 7.39. The molecule has 11 N–H and O–H groups in total. The quantitative estimate of drug-likeness (QED) is 0.0445. The molecular weight excluding hydrogens is 680 g/mol. The lowest BCUT2D eigenvalue weighted by Gasteiger charge is -2.27.